The number of ketones is 2. The quantitative estimate of drug-likeness (QED) is 0.656. The molecule has 0 aliphatic heterocycles. The van der Waals surface area contributed by atoms with Crippen LogP contribution in [0.4, 0.5) is 0 Å². The molecule has 0 unspecified atom stereocenters. The molecular formula is C23H32O2. The van der Waals surface area contributed by atoms with E-state index in [4.69, 9.17) is 41.1 Å². The molecule has 0 N–H and O–H groups in total. The van der Waals surface area contributed by atoms with E-state index in [0.29, 0.717) is 0 Å². The molecule has 0 saturated heterocycles. The van der Waals surface area contributed by atoms with Gasteiger partial charge in [0.25, 0.3) is 0 Å². The maximum atomic E-state index is 14.9. The molecule has 136 valence electrons. The summed E-state index contributed by atoms with van der Waals surface area (Å²) < 4.78 is 264. The zero-order valence-corrected chi connectivity index (χ0v) is 12.5. The van der Waals surface area contributed by atoms with Crippen LogP contribution in [0.15, 0.2) is 0 Å². The van der Waals surface area contributed by atoms with Crippen molar-refractivity contribution in [3.8, 4) is 0 Å². The molecule has 2 nitrogen and oxygen atoms in total. The molecule has 25 heavy (non-hydrogen) atoms. The van der Waals surface area contributed by atoms with Gasteiger partial charge in [-0.3, -0.25) is 9.59 Å². The first-order chi connectivity index (χ1) is 23.5. The molecule has 0 aromatic carbocycles. The summed E-state index contributed by atoms with van der Waals surface area (Å²) in [5.74, 6) is -32.6. The standard InChI is InChI=1S/C23H32O2/c24-20(22-8-14-1-15(9-22)3-16(2-14)10-22)7-21(25)23-11-17-4-18(12-23)6-19(5-17)13-23/h14-19H,1-13H2/i1D2,2D2,3D2,4D2,5D2,6D2,8D2,9D2,10D2,11D2,12D2,13D2,14D,15D,16D,17D,18D,19D. The molecule has 0 radical (unpaired) electrons. The first-order valence-corrected chi connectivity index (χ1v) is 7.62. The van der Waals surface area contributed by atoms with Crippen molar-refractivity contribution in [1.82, 2.24) is 0 Å². The number of carbonyl (C=O) groups excluding carboxylic acids is 2. The van der Waals surface area contributed by atoms with Crippen molar-refractivity contribution in [1.29, 1.82) is 0 Å². The zero-order valence-electron chi connectivity index (χ0n) is 42.5. The van der Waals surface area contributed by atoms with Gasteiger partial charge < -0.3 is 0 Å². The Bertz CT molecular complexity index is 1520. The summed E-state index contributed by atoms with van der Waals surface area (Å²) in [7, 11) is 0. The van der Waals surface area contributed by atoms with Crippen molar-refractivity contribution in [2.75, 3.05) is 0 Å². The molecule has 0 spiro atoms. The van der Waals surface area contributed by atoms with E-state index in [1.54, 1.807) is 0 Å². The second-order valence-corrected chi connectivity index (χ2v) is 6.27. The van der Waals surface area contributed by atoms with Gasteiger partial charge in [0.2, 0.25) is 0 Å². The first kappa shape index (κ1) is 3.77. The average Bonchev–Trinajstić information content (AvgIpc) is 2.97. The number of rotatable bonds is 4. The average molecular weight is 371 g/mol. The van der Waals surface area contributed by atoms with Crippen LogP contribution in [0.2, 0.25) is 0 Å². The summed E-state index contributed by atoms with van der Waals surface area (Å²) >= 11 is 0. The fraction of sp³-hybridized carbons (Fsp3) is 0.913. The maximum absolute atomic E-state index is 14.9. The molecule has 0 aromatic rings. The normalized spacial score (nSPS) is 114. The zero-order chi connectivity index (χ0) is 43.9. The van der Waals surface area contributed by atoms with Crippen molar-refractivity contribution in [2.24, 2.45) is 46.2 Å². The van der Waals surface area contributed by atoms with Gasteiger partial charge >= 0.3 is 0 Å². The number of carbonyl (C=O) groups is 2. The van der Waals surface area contributed by atoms with E-state index in [1.807, 2.05) is 0 Å². The van der Waals surface area contributed by atoms with Crippen LogP contribution in [-0.4, -0.2) is 11.6 Å². The third-order valence-electron chi connectivity index (χ3n) is 4.53. The highest BCUT2D eigenvalue weighted by Crippen LogP contribution is 2.63. The van der Waals surface area contributed by atoms with Gasteiger partial charge in [-0.15, -0.1) is 0 Å². The van der Waals surface area contributed by atoms with E-state index >= 15 is 0 Å². The molecule has 8 rings (SSSR count). The summed E-state index contributed by atoms with van der Waals surface area (Å²) in [4.78, 5) is 29.7. The van der Waals surface area contributed by atoms with Crippen LogP contribution in [0.3, 0.4) is 0 Å². The lowest BCUT2D eigenvalue weighted by atomic mass is 9.46. The van der Waals surface area contributed by atoms with Crippen molar-refractivity contribution < 1.29 is 50.7 Å². The molecule has 8 aliphatic carbocycles. The van der Waals surface area contributed by atoms with Gasteiger partial charge in [-0.05, 0) is 112 Å². The molecule has 8 aliphatic rings. The maximum Gasteiger partial charge on any atom is 0.146 e. The van der Waals surface area contributed by atoms with E-state index in [1.165, 1.54) is 0 Å². The SMILES string of the molecule is [2H]C1([2H])C2([2H])C([2H])([2H])C3([2H])C([2H])([2H])C1([2H])C([2H])([2H])C(C(=O)CC(=O)C14C([2H])([2H])C5([2H])C([2H])([2H])C([2H])(C([2H])([2H])C([2H])(C5([2H])[2H])C1([2H])[2H])C4([2H])[2H])(C2([2H])[2H])C3([2H])[2H]. The van der Waals surface area contributed by atoms with Crippen LogP contribution in [0.5, 0.6) is 0 Å². The minimum absolute atomic E-state index is 2.68. The second kappa shape index (κ2) is 4.98. The smallest absolute Gasteiger partial charge is 0.146 e. The lowest BCUT2D eigenvalue weighted by Crippen LogP contribution is -2.53. The van der Waals surface area contributed by atoms with E-state index < -0.39 is 141 Å². The molecule has 0 heterocycles. The Labute approximate surface area is 193 Å². The molecule has 0 atom stereocenters. The van der Waals surface area contributed by atoms with Gasteiger partial charge in [-0.1, -0.05) is 0 Å². The minimum atomic E-state index is -4.79. The molecular weight excluding hydrogens is 308 g/mol. The van der Waals surface area contributed by atoms with Gasteiger partial charge in [-0.2, -0.15) is 0 Å². The highest BCUT2D eigenvalue weighted by atomic mass is 16.2. The predicted molar refractivity (Wildman–Crippen MR) is 95.8 cm³/mol. The lowest BCUT2D eigenvalue weighted by Gasteiger charge is -2.57. The van der Waals surface area contributed by atoms with E-state index in [9.17, 15) is 9.59 Å². The number of Topliss-reactive ketones (excluding diaryl/α,β-unsaturated/α-hetero) is 2. The van der Waals surface area contributed by atoms with Gasteiger partial charge in [0.05, 0.1) is 6.42 Å². The fourth-order valence-electron chi connectivity index (χ4n) is 3.45. The summed E-state index contributed by atoms with van der Waals surface area (Å²) in [5, 5.41) is 0. The van der Waals surface area contributed by atoms with Crippen molar-refractivity contribution in [2.45, 2.75) is 82.9 Å². The molecule has 8 fully saturated rings. The Morgan fingerprint density at radius 1 is 0.640 bits per heavy atom. The Morgan fingerprint density at radius 3 is 1.12 bits per heavy atom. The molecule has 0 amide bonds. The highest BCUT2D eigenvalue weighted by Gasteiger charge is 2.57. The van der Waals surface area contributed by atoms with Crippen LogP contribution in [0.25, 0.3) is 0 Å². The lowest BCUT2D eigenvalue weighted by molar-refractivity contribution is -0.153. The number of hydrogen-bond donors (Lipinski definition) is 0. The Hall–Kier alpha value is -0.660. The third-order valence-corrected chi connectivity index (χ3v) is 4.53. The summed E-state index contributed by atoms with van der Waals surface area (Å²) in [6.07, 6.45) is -57.8. The minimum Gasteiger partial charge on any atom is -0.299 e. The van der Waals surface area contributed by atoms with Crippen molar-refractivity contribution in [3.05, 3.63) is 0 Å². The van der Waals surface area contributed by atoms with Crippen LogP contribution in [0, 0.1) is 46.2 Å². The molecule has 2 heteroatoms. The van der Waals surface area contributed by atoms with Crippen LogP contribution in [0.1, 0.15) is 124 Å². The summed E-state index contributed by atoms with van der Waals surface area (Å²) in [5.41, 5.74) is -9.59. The topological polar surface area (TPSA) is 34.1 Å². The largest absolute Gasteiger partial charge is 0.299 e. The number of hydrogen-bond acceptors (Lipinski definition) is 2. The van der Waals surface area contributed by atoms with Crippen molar-refractivity contribution in [3.63, 3.8) is 0 Å². The van der Waals surface area contributed by atoms with Crippen molar-refractivity contribution >= 4 is 11.6 Å². The Balaban J connectivity index is 1.73. The Morgan fingerprint density at radius 2 is 0.880 bits per heavy atom. The molecule has 0 aromatic heterocycles. The summed E-state index contributed by atoms with van der Waals surface area (Å²) in [6, 6.07) is 0. The second-order valence-electron chi connectivity index (χ2n) is 6.27. The molecule has 8 bridgehead atoms. The fourth-order valence-corrected chi connectivity index (χ4v) is 3.45. The van der Waals surface area contributed by atoms with Crippen LogP contribution < -0.4 is 0 Å². The van der Waals surface area contributed by atoms with E-state index in [-0.39, 0.29) is 0 Å². The molecule has 8 saturated carbocycles. The monoisotopic (exact) mass is 370 g/mol. The van der Waals surface area contributed by atoms with Crippen LogP contribution >= 0.6 is 0 Å². The highest BCUT2D eigenvalue weighted by molar-refractivity contribution is 6.04. The third kappa shape index (κ3) is 2.21. The van der Waals surface area contributed by atoms with Gasteiger partial charge in [0.15, 0.2) is 0 Å². The van der Waals surface area contributed by atoms with E-state index in [2.05, 4.69) is 0 Å². The van der Waals surface area contributed by atoms with Gasteiger partial charge in [-0.25, -0.2) is 0 Å². The van der Waals surface area contributed by atoms with Crippen LogP contribution in [-0.2, 0) is 9.59 Å². The Kier molecular flexibility index (Phi) is 0.751. The van der Waals surface area contributed by atoms with Gasteiger partial charge in [0.1, 0.15) is 11.6 Å². The van der Waals surface area contributed by atoms with E-state index in [0.717, 1.165) is 0 Å². The first-order valence-electron chi connectivity index (χ1n) is 22.6. The summed E-state index contributed by atoms with van der Waals surface area (Å²) in [6.45, 7) is 0. The van der Waals surface area contributed by atoms with Gasteiger partial charge in [0, 0.05) is 52.0 Å². The predicted octanol–water partition coefficient (Wildman–Crippen LogP) is 4.95.